The molecule has 0 unspecified atom stereocenters. The smallest absolute Gasteiger partial charge is 0.291 e. The zero-order valence-corrected chi connectivity index (χ0v) is 15.5. The summed E-state index contributed by atoms with van der Waals surface area (Å²) < 4.78 is 1.66. The van der Waals surface area contributed by atoms with Crippen LogP contribution in [0.1, 0.15) is 36.7 Å². The SMILES string of the molecule is CCCc1nc(C(=O)NCCNCC)nn1-c1ccccc1Cl.Cl. The number of carbonyl (C=O) groups excluding carboxylic acids is 1. The van der Waals surface area contributed by atoms with Crippen LogP contribution in [-0.2, 0) is 6.42 Å². The molecule has 0 aliphatic rings. The van der Waals surface area contributed by atoms with E-state index in [1.54, 1.807) is 10.7 Å². The lowest BCUT2D eigenvalue weighted by molar-refractivity contribution is 0.0943. The van der Waals surface area contributed by atoms with E-state index in [4.69, 9.17) is 11.6 Å². The van der Waals surface area contributed by atoms with Gasteiger partial charge in [-0.25, -0.2) is 9.67 Å². The molecule has 1 heterocycles. The lowest BCUT2D eigenvalue weighted by Crippen LogP contribution is -2.32. The van der Waals surface area contributed by atoms with E-state index in [-0.39, 0.29) is 24.1 Å². The summed E-state index contributed by atoms with van der Waals surface area (Å²) in [5, 5.41) is 10.9. The number of aromatic nitrogens is 3. The summed E-state index contributed by atoms with van der Waals surface area (Å²) in [6.07, 6.45) is 1.63. The zero-order valence-electron chi connectivity index (χ0n) is 13.9. The van der Waals surface area contributed by atoms with Crippen LogP contribution in [0.5, 0.6) is 0 Å². The van der Waals surface area contributed by atoms with E-state index >= 15 is 0 Å². The molecule has 1 aromatic heterocycles. The van der Waals surface area contributed by atoms with Crippen molar-refractivity contribution in [2.45, 2.75) is 26.7 Å². The molecule has 0 radical (unpaired) electrons. The van der Waals surface area contributed by atoms with Gasteiger partial charge in [0.15, 0.2) is 0 Å². The van der Waals surface area contributed by atoms with Gasteiger partial charge in [0.2, 0.25) is 5.82 Å². The van der Waals surface area contributed by atoms with Crippen LogP contribution in [0.15, 0.2) is 24.3 Å². The second kappa shape index (κ2) is 10.3. The number of rotatable bonds is 8. The minimum absolute atomic E-state index is 0. The van der Waals surface area contributed by atoms with E-state index in [9.17, 15) is 4.79 Å². The highest BCUT2D eigenvalue weighted by atomic mass is 35.5. The molecule has 2 N–H and O–H groups in total. The Hall–Kier alpha value is -1.63. The van der Waals surface area contributed by atoms with Crippen LogP contribution in [0.2, 0.25) is 5.02 Å². The lowest BCUT2D eigenvalue weighted by Gasteiger charge is -2.06. The third kappa shape index (κ3) is 5.19. The van der Waals surface area contributed by atoms with Crippen molar-refractivity contribution in [2.24, 2.45) is 0 Å². The number of aryl methyl sites for hydroxylation is 1. The second-order valence-corrected chi connectivity index (χ2v) is 5.48. The minimum Gasteiger partial charge on any atom is -0.348 e. The third-order valence-electron chi connectivity index (χ3n) is 3.27. The minimum atomic E-state index is -0.272. The average molecular weight is 372 g/mol. The third-order valence-corrected chi connectivity index (χ3v) is 3.59. The normalized spacial score (nSPS) is 10.3. The molecule has 0 fully saturated rings. The number of hydrogen-bond donors (Lipinski definition) is 2. The number of benzene rings is 1. The molecule has 1 aromatic carbocycles. The number of nitrogens with one attached hydrogen (secondary N) is 2. The van der Waals surface area contributed by atoms with Gasteiger partial charge in [-0.15, -0.1) is 17.5 Å². The monoisotopic (exact) mass is 371 g/mol. The highest BCUT2D eigenvalue weighted by Crippen LogP contribution is 2.21. The van der Waals surface area contributed by atoms with Gasteiger partial charge < -0.3 is 10.6 Å². The molecule has 0 bridgehead atoms. The Labute approximate surface area is 153 Å². The number of likely N-dealkylation sites (N-methyl/N-ethyl adjacent to an activating group) is 1. The highest BCUT2D eigenvalue weighted by molar-refractivity contribution is 6.32. The quantitative estimate of drug-likeness (QED) is 0.699. The Morgan fingerprint density at radius 2 is 2.00 bits per heavy atom. The molecule has 132 valence electrons. The molecule has 0 saturated heterocycles. The number of hydrogen-bond acceptors (Lipinski definition) is 4. The molecule has 0 atom stereocenters. The van der Waals surface area contributed by atoms with Crippen LogP contribution in [0.3, 0.4) is 0 Å². The molecule has 0 aliphatic carbocycles. The van der Waals surface area contributed by atoms with Crippen LogP contribution < -0.4 is 10.6 Å². The van der Waals surface area contributed by atoms with Gasteiger partial charge in [0.25, 0.3) is 5.91 Å². The van der Waals surface area contributed by atoms with Gasteiger partial charge in [-0.2, -0.15) is 0 Å². The standard InChI is InChI=1S/C16H22ClN5O.ClH/c1-3-7-14-20-15(16(23)19-11-10-18-4-2)21-22(14)13-9-6-5-8-12(13)17;/h5-6,8-9,18H,3-4,7,10-11H2,1-2H3,(H,19,23);1H. The maximum absolute atomic E-state index is 12.2. The molecule has 2 aromatic rings. The highest BCUT2D eigenvalue weighted by Gasteiger charge is 2.17. The average Bonchev–Trinajstić information content (AvgIpc) is 2.96. The van der Waals surface area contributed by atoms with Crippen LogP contribution in [-0.4, -0.2) is 40.3 Å². The Bertz CT molecular complexity index is 660. The van der Waals surface area contributed by atoms with Crippen molar-refractivity contribution in [1.82, 2.24) is 25.4 Å². The molecule has 0 aliphatic heterocycles. The number of nitrogens with zero attached hydrogens (tertiary/aromatic N) is 3. The zero-order chi connectivity index (χ0) is 16.7. The van der Waals surface area contributed by atoms with Gasteiger partial charge in [0, 0.05) is 19.5 Å². The molecule has 0 saturated carbocycles. The maximum Gasteiger partial charge on any atom is 0.291 e. The first-order valence-corrected chi connectivity index (χ1v) is 8.24. The number of para-hydroxylation sites is 1. The predicted octanol–water partition coefficient (Wildman–Crippen LogP) is 2.63. The van der Waals surface area contributed by atoms with E-state index < -0.39 is 0 Å². The lowest BCUT2D eigenvalue weighted by atomic mass is 10.3. The summed E-state index contributed by atoms with van der Waals surface area (Å²) in [5.74, 6) is 0.633. The van der Waals surface area contributed by atoms with Crippen molar-refractivity contribution < 1.29 is 4.79 Å². The first-order valence-electron chi connectivity index (χ1n) is 7.87. The van der Waals surface area contributed by atoms with Crippen molar-refractivity contribution in [3.63, 3.8) is 0 Å². The fraction of sp³-hybridized carbons (Fsp3) is 0.438. The number of amides is 1. The topological polar surface area (TPSA) is 71.8 Å². The van der Waals surface area contributed by atoms with E-state index in [1.807, 2.05) is 25.1 Å². The first kappa shape index (κ1) is 20.4. The second-order valence-electron chi connectivity index (χ2n) is 5.07. The van der Waals surface area contributed by atoms with Gasteiger partial charge in [0.1, 0.15) is 5.82 Å². The van der Waals surface area contributed by atoms with Crippen molar-refractivity contribution in [3.05, 3.63) is 40.9 Å². The van der Waals surface area contributed by atoms with Gasteiger partial charge in [-0.3, -0.25) is 4.79 Å². The predicted molar refractivity (Wildman–Crippen MR) is 98.5 cm³/mol. The summed E-state index contributed by atoms with van der Waals surface area (Å²) in [7, 11) is 0. The van der Waals surface area contributed by atoms with Crippen molar-refractivity contribution >= 4 is 29.9 Å². The Kier molecular flexibility index (Phi) is 8.74. The van der Waals surface area contributed by atoms with Crippen molar-refractivity contribution in [3.8, 4) is 5.69 Å². The van der Waals surface area contributed by atoms with Gasteiger partial charge in [0.05, 0.1) is 10.7 Å². The summed E-state index contributed by atoms with van der Waals surface area (Å²) >= 11 is 6.24. The molecule has 24 heavy (non-hydrogen) atoms. The molecule has 2 rings (SSSR count). The van der Waals surface area contributed by atoms with Crippen molar-refractivity contribution in [2.75, 3.05) is 19.6 Å². The van der Waals surface area contributed by atoms with Crippen LogP contribution >= 0.6 is 24.0 Å². The van der Waals surface area contributed by atoms with Gasteiger partial charge in [-0.1, -0.05) is 37.6 Å². The molecule has 1 amide bonds. The van der Waals surface area contributed by atoms with Crippen molar-refractivity contribution in [1.29, 1.82) is 0 Å². The Morgan fingerprint density at radius 3 is 2.67 bits per heavy atom. The fourth-order valence-corrected chi connectivity index (χ4v) is 2.38. The summed E-state index contributed by atoms with van der Waals surface area (Å²) in [6, 6.07) is 7.40. The van der Waals surface area contributed by atoms with E-state index in [0.717, 1.165) is 37.4 Å². The summed E-state index contributed by atoms with van der Waals surface area (Å²) in [6.45, 7) is 6.20. The molecular weight excluding hydrogens is 349 g/mol. The van der Waals surface area contributed by atoms with E-state index in [1.165, 1.54) is 0 Å². The van der Waals surface area contributed by atoms with Crippen LogP contribution in [0, 0.1) is 0 Å². The first-order chi connectivity index (χ1) is 11.2. The largest absolute Gasteiger partial charge is 0.348 e. The fourth-order valence-electron chi connectivity index (χ4n) is 2.16. The van der Waals surface area contributed by atoms with Crippen LogP contribution in [0.25, 0.3) is 5.69 Å². The summed E-state index contributed by atoms with van der Waals surface area (Å²) in [5.41, 5.74) is 0.733. The summed E-state index contributed by atoms with van der Waals surface area (Å²) in [4.78, 5) is 16.6. The number of halogens is 2. The van der Waals surface area contributed by atoms with E-state index in [2.05, 4.69) is 27.6 Å². The Balaban J connectivity index is 0.00000288. The maximum atomic E-state index is 12.2. The molecule has 0 spiro atoms. The van der Waals surface area contributed by atoms with E-state index in [0.29, 0.717) is 11.6 Å². The molecular formula is C16H23Cl2N5O. The molecule has 6 nitrogen and oxygen atoms in total. The van der Waals surface area contributed by atoms with Gasteiger partial charge in [-0.05, 0) is 25.1 Å². The number of carbonyl (C=O) groups is 1. The Morgan fingerprint density at radius 1 is 1.25 bits per heavy atom. The molecule has 8 heteroatoms. The van der Waals surface area contributed by atoms with Crippen LogP contribution in [0.4, 0.5) is 0 Å². The van der Waals surface area contributed by atoms with Gasteiger partial charge >= 0.3 is 0 Å².